The van der Waals surface area contributed by atoms with Crippen LogP contribution in [0.4, 0.5) is 0 Å². The van der Waals surface area contributed by atoms with Gasteiger partial charge in [0.25, 0.3) is 0 Å². The molecule has 1 aliphatic carbocycles. The van der Waals surface area contributed by atoms with E-state index >= 15 is 0 Å². The largest absolute Gasteiger partial charge is 0.271 e. The normalized spacial score (nSPS) is 17.4. The van der Waals surface area contributed by atoms with Gasteiger partial charge in [0.2, 0.25) is 0 Å². The minimum absolute atomic E-state index is 0.253. The van der Waals surface area contributed by atoms with Crippen molar-refractivity contribution >= 4 is 31.9 Å². The van der Waals surface area contributed by atoms with Gasteiger partial charge in [0.05, 0.1) is 0 Å². The van der Waals surface area contributed by atoms with Crippen LogP contribution in [0.3, 0.4) is 0 Å². The number of nitrogens with one attached hydrogen (secondary N) is 1. The first-order valence-electron chi connectivity index (χ1n) is 5.62. The Hall–Kier alpha value is 0.1000. The molecule has 1 aliphatic rings. The van der Waals surface area contributed by atoms with Crippen molar-refractivity contribution in [2.45, 2.75) is 31.7 Å². The van der Waals surface area contributed by atoms with Crippen LogP contribution in [-0.4, -0.2) is 0 Å². The Morgan fingerprint density at radius 1 is 1.38 bits per heavy atom. The van der Waals surface area contributed by atoms with Gasteiger partial charge in [0, 0.05) is 15.0 Å². The molecule has 0 bridgehead atoms. The number of hydrogen-bond acceptors (Lipinski definition) is 2. The fourth-order valence-electron chi connectivity index (χ4n) is 1.92. The number of hydrazine groups is 1. The zero-order chi connectivity index (χ0) is 11.5. The van der Waals surface area contributed by atoms with E-state index in [1.54, 1.807) is 0 Å². The number of rotatable bonds is 5. The highest BCUT2D eigenvalue weighted by molar-refractivity contribution is 9.11. The van der Waals surface area contributed by atoms with Gasteiger partial charge < -0.3 is 0 Å². The van der Waals surface area contributed by atoms with Gasteiger partial charge >= 0.3 is 0 Å². The van der Waals surface area contributed by atoms with E-state index in [2.05, 4.69) is 55.5 Å². The number of halogens is 2. The maximum atomic E-state index is 5.64. The lowest BCUT2D eigenvalue weighted by Crippen LogP contribution is -2.28. The molecule has 1 unspecified atom stereocenters. The maximum Gasteiger partial charge on any atom is 0.0471 e. The van der Waals surface area contributed by atoms with Crippen LogP contribution in [0.2, 0.25) is 0 Å². The van der Waals surface area contributed by atoms with Crippen LogP contribution >= 0.6 is 31.9 Å². The minimum Gasteiger partial charge on any atom is -0.271 e. The zero-order valence-corrected chi connectivity index (χ0v) is 12.2. The van der Waals surface area contributed by atoms with E-state index in [4.69, 9.17) is 5.84 Å². The van der Waals surface area contributed by atoms with Crippen LogP contribution < -0.4 is 11.3 Å². The van der Waals surface area contributed by atoms with Crippen molar-refractivity contribution in [3.63, 3.8) is 0 Å². The molecule has 4 heteroatoms. The molecule has 0 spiro atoms. The quantitative estimate of drug-likeness (QED) is 0.626. The summed E-state index contributed by atoms with van der Waals surface area (Å²) in [6.07, 6.45) is 5.19. The van der Waals surface area contributed by atoms with Crippen LogP contribution in [0.15, 0.2) is 27.1 Å². The molecule has 1 aromatic rings. The summed E-state index contributed by atoms with van der Waals surface area (Å²) < 4.78 is 2.20. The third-order valence-electron chi connectivity index (χ3n) is 3.10. The van der Waals surface area contributed by atoms with E-state index in [1.165, 1.54) is 24.8 Å². The maximum absolute atomic E-state index is 5.64. The van der Waals surface area contributed by atoms with Crippen molar-refractivity contribution in [3.8, 4) is 0 Å². The first kappa shape index (κ1) is 12.6. The molecule has 1 aromatic carbocycles. The summed E-state index contributed by atoms with van der Waals surface area (Å²) in [7, 11) is 0. The van der Waals surface area contributed by atoms with Gasteiger partial charge in [-0.2, -0.15) is 0 Å². The smallest absolute Gasteiger partial charge is 0.0471 e. The molecule has 2 nitrogen and oxygen atoms in total. The molecular weight excluding hydrogens is 332 g/mol. The Kier molecular flexibility index (Phi) is 4.41. The standard InChI is InChI=1S/C12H16Br2N2/c13-9-4-5-10(11(14)7-9)12(16-15)6-3-8-1-2-8/h4-5,7-8,12,16H,1-3,6,15H2. The molecule has 0 aromatic heterocycles. The highest BCUT2D eigenvalue weighted by atomic mass is 79.9. The topological polar surface area (TPSA) is 38.0 Å². The van der Waals surface area contributed by atoms with E-state index in [0.29, 0.717) is 0 Å². The minimum atomic E-state index is 0.253. The molecule has 0 amide bonds. The van der Waals surface area contributed by atoms with E-state index < -0.39 is 0 Å². The van der Waals surface area contributed by atoms with Crippen LogP contribution in [-0.2, 0) is 0 Å². The first-order chi connectivity index (χ1) is 7.70. The predicted molar refractivity (Wildman–Crippen MR) is 73.9 cm³/mol. The Morgan fingerprint density at radius 3 is 2.69 bits per heavy atom. The van der Waals surface area contributed by atoms with E-state index in [9.17, 15) is 0 Å². The van der Waals surface area contributed by atoms with Gasteiger partial charge in [0.15, 0.2) is 0 Å². The second-order valence-electron chi connectivity index (χ2n) is 4.41. The van der Waals surface area contributed by atoms with Crippen molar-refractivity contribution in [2.75, 3.05) is 0 Å². The highest BCUT2D eigenvalue weighted by Gasteiger charge is 2.23. The SMILES string of the molecule is NNC(CCC1CC1)c1ccc(Br)cc1Br. The Morgan fingerprint density at radius 2 is 2.12 bits per heavy atom. The lowest BCUT2D eigenvalue weighted by molar-refractivity contribution is 0.480. The Labute approximate surface area is 113 Å². The van der Waals surface area contributed by atoms with Crippen LogP contribution in [0.5, 0.6) is 0 Å². The average molecular weight is 348 g/mol. The molecule has 0 aliphatic heterocycles. The number of benzene rings is 1. The first-order valence-corrected chi connectivity index (χ1v) is 7.20. The molecule has 16 heavy (non-hydrogen) atoms. The lowest BCUT2D eigenvalue weighted by Gasteiger charge is -2.17. The van der Waals surface area contributed by atoms with Gasteiger partial charge in [-0.05, 0) is 36.5 Å². The van der Waals surface area contributed by atoms with Crippen LogP contribution in [0, 0.1) is 5.92 Å². The summed E-state index contributed by atoms with van der Waals surface area (Å²) >= 11 is 7.04. The zero-order valence-electron chi connectivity index (χ0n) is 9.05. The molecule has 88 valence electrons. The highest BCUT2D eigenvalue weighted by Crippen LogP contribution is 2.37. The second kappa shape index (κ2) is 5.63. The van der Waals surface area contributed by atoms with Crippen LogP contribution in [0.25, 0.3) is 0 Å². The lowest BCUT2D eigenvalue weighted by atomic mass is 10.0. The Balaban J connectivity index is 2.05. The fraction of sp³-hybridized carbons (Fsp3) is 0.500. The molecule has 0 heterocycles. The number of hydrogen-bond donors (Lipinski definition) is 2. The van der Waals surface area contributed by atoms with Crippen molar-refractivity contribution in [1.29, 1.82) is 0 Å². The van der Waals surface area contributed by atoms with Gasteiger partial charge in [-0.3, -0.25) is 11.3 Å². The molecule has 0 radical (unpaired) electrons. The van der Waals surface area contributed by atoms with Gasteiger partial charge in [-0.15, -0.1) is 0 Å². The van der Waals surface area contributed by atoms with Crippen LogP contribution in [0.1, 0.15) is 37.3 Å². The summed E-state index contributed by atoms with van der Waals surface area (Å²) in [5, 5.41) is 0. The molecule has 1 saturated carbocycles. The summed E-state index contributed by atoms with van der Waals surface area (Å²) in [5.74, 6) is 6.58. The molecule has 1 fully saturated rings. The average Bonchev–Trinajstić information content (AvgIpc) is 3.05. The van der Waals surface area contributed by atoms with Gasteiger partial charge in [-0.1, -0.05) is 50.8 Å². The van der Waals surface area contributed by atoms with Crippen molar-refractivity contribution < 1.29 is 0 Å². The van der Waals surface area contributed by atoms with Crippen molar-refractivity contribution in [1.82, 2.24) is 5.43 Å². The molecule has 0 saturated heterocycles. The molecular formula is C12H16Br2N2. The van der Waals surface area contributed by atoms with E-state index in [0.717, 1.165) is 21.3 Å². The molecule has 1 atom stereocenters. The fourth-order valence-corrected chi connectivity index (χ4v) is 3.25. The molecule has 2 rings (SSSR count). The molecule has 3 N–H and O–H groups in total. The summed E-state index contributed by atoms with van der Waals surface area (Å²) in [5.41, 5.74) is 4.16. The third kappa shape index (κ3) is 3.29. The number of nitrogens with two attached hydrogens (primary N) is 1. The van der Waals surface area contributed by atoms with Gasteiger partial charge in [0.1, 0.15) is 0 Å². The summed E-state index contributed by atoms with van der Waals surface area (Å²) in [6, 6.07) is 6.49. The van der Waals surface area contributed by atoms with Gasteiger partial charge in [-0.25, -0.2) is 0 Å². The summed E-state index contributed by atoms with van der Waals surface area (Å²) in [6.45, 7) is 0. The van der Waals surface area contributed by atoms with Crippen molar-refractivity contribution in [2.24, 2.45) is 11.8 Å². The monoisotopic (exact) mass is 346 g/mol. The predicted octanol–water partition coefficient (Wildman–Crippen LogP) is 3.91. The third-order valence-corrected chi connectivity index (χ3v) is 4.28. The summed E-state index contributed by atoms with van der Waals surface area (Å²) in [4.78, 5) is 0. The van der Waals surface area contributed by atoms with E-state index in [-0.39, 0.29) is 6.04 Å². The van der Waals surface area contributed by atoms with E-state index in [1.807, 2.05) is 0 Å². The van der Waals surface area contributed by atoms with Crippen molar-refractivity contribution in [3.05, 3.63) is 32.7 Å². The second-order valence-corrected chi connectivity index (χ2v) is 6.18. The Bertz CT molecular complexity index is 364.